The van der Waals surface area contributed by atoms with E-state index in [1.807, 2.05) is 0 Å². The molecule has 12 heteroatoms. The van der Waals surface area contributed by atoms with Crippen molar-refractivity contribution in [2.75, 3.05) is 36.1 Å². The molecule has 26 heavy (non-hydrogen) atoms. The molecular formula is C14H15AcFN7O3-. The number of carbonyl (C=O) groups is 1. The minimum atomic E-state index is -0.627. The number of aromatic nitrogens is 3. The zero-order chi connectivity index (χ0) is 18.0. The van der Waals surface area contributed by atoms with E-state index in [2.05, 4.69) is 20.3 Å². The Morgan fingerprint density at radius 1 is 1.46 bits per heavy atom. The summed E-state index contributed by atoms with van der Waals surface area (Å²) < 4.78 is 24.2. The van der Waals surface area contributed by atoms with Crippen LogP contribution in [0, 0.1) is 49.9 Å². The Kier molecular flexibility index (Phi) is 6.91. The van der Waals surface area contributed by atoms with E-state index in [-0.39, 0.29) is 80.7 Å². The minimum absolute atomic E-state index is 0. The first-order valence-electron chi connectivity index (χ1n) is 7.25. The van der Waals surface area contributed by atoms with E-state index >= 15 is 0 Å². The number of anilines is 4. The Bertz CT molecular complexity index is 810. The molecule has 1 radical (unpaired) electrons. The topological polar surface area (TPSA) is 139 Å². The molecule has 4 N–H and O–H groups in total. The van der Waals surface area contributed by atoms with Crippen LogP contribution in [0.2, 0.25) is 0 Å². The van der Waals surface area contributed by atoms with Gasteiger partial charge in [-0.25, -0.2) is 9.18 Å². The summed E-state index contributed by atoms with van der Waals surface area (Å²) in [4.78, 5) is 24.5. The monoisotopic (exact) mass is 575 g/mol. The van der Waals surface area contributed by atoms with Crippen LogP contribution in [0.5, 0.6) is 6.01 Å². The predicted octanol–water partition coefficient (Wildman–Crippen LogP) is 1.72. The molecule has 1 aromatic heterocycles. The van der Waals surface area contributed by atoms with Gasteiger partial charge in [-0.3, -0.25) is 4.90 Å². The maximum absolute atomic E-state index is 14.4. The van der Waals surface area contributed by atoms with Crippen LogP contribution < -0.4 is 20.7 Å². The fraction of sp³-hybridized carbons (Fsp3) is 0.286. The number of rotatable bonds is 5. The fourth-order valence-corrected chi connectivity index (χ4v) is 2.25. The van der Waals surface area contributed by atoms with Crippen molar-refractivity contribution < 1.29 is 62.7 Å². The van der Waals surface area contributed by atoms with Crippen molar-refractivity contribution in [3.05, 3.63) is 29.7 Å². The average Bonchev–Trinajstić information content (AvgIpc) is 2.97. The summed E-state index contributed by atoms with van der Waals surface area (Å²) in [7, 11) is 1.37. The second-order valence-corrected chi connectivity index (χ2v) is 5.11. The van der Waals surface area contributed by atoms with E-state index in [4.69, 9.17) is 20.9 Å². The number of halogens is 1. The van der Waals surface area contributed by atoms with Gasteiger partial charge in [0, 0.05) is 44.1 Å². The molecule has 0 saturated carbocycles. The molecule has 1 amide bonds. The molecule has 0 unspecified atom stereocenters. The van der Waals surface area contributed by atoms with E-state index < -0.39 is 18.0 Å². The maximum Gasteiger partial charge on any atom is 0.414 e. The van der Waals surface area contributed by atoms with E-state index in [0.717, 1.165) is 0 Å². The first-order chi connectivity index (χ1) is 12.0. The number of hydrogen-bond donors (Lipinski definition) is 2. The molecule has 1 aliphatic rings. The second kappa shape index (κ2) is 8.75. The number of carbonyl (C=O) groups excluding carboxylic acids is 1. The number of methoxy groups -OCH3 is 1. The number of cyclic esters (lactones) is 1. The molecule has 1 aromatic carbocycles. The largest absolute Gasteiger partial charge is 0.674 e. The zero-order valence-electron chi connectivity index (χ0n) is 13.8. The molecule has 135 valence electrons. The van der Waals surface area contributed by atoms with E-state index in [9.17, 15) is 9.18 Å². The number of benzene rings is 1. The van der Waals surface area contributed by atoms with Crippen molar-refractivity contribution in [2.24, 2.45) is 0 Å². The molecule has 0 aliphatic carbocycles. The van der Waals surface area contributed by atoms with Gasteiger partial charge in [-0.05, 0) is 18.2 Å². The van der Waals surface area contributed by atoms with Crippen molar-refractivity contribution in [3.8, 4) is 6.01 Å². The number of ether oxygens (including phenoxy) is 2. The Balaban J connectivity index is 0.00000243. The van der Waals surface area contributed by atoms with Gasteiger partial charge in [0.2, 0.25) is 11.9 Å². The number of hydrogen-bond acceptors (Lipinski definition) is 8. The van der Waals surface area contributed by atoms with E-state index in [0.29, 0.717) is 5.69 Å². The van der Waals surface area contributed by atoms with Gasteiger partial charge in [-0.2, -0.15) is 15.0 Å². The normalized spacial score (nSPS) is 16.0. The second-order valence-electron chi connectivity index (χ2n) is 5.11. The first kappa shape index (κ1) is 20.5. The van der Waals surface area contributed by atoms with Crippen molar-refractivity contribution in [2.45, 2.75) is 6.10 Å². The third kappa shape index (κ3) is 4.49. The summed E-state index contributed by atoms with van der Waals surface area (Å²) in [6.45, 7) is 0.156. The summed E-state index contributed by atoms with van der Waals surface area (Å²) >= 11 is 0. The number of nitrogen functional groups attached to an aromatic ring is 1. The number of amides is 1. The Morgan fingerprint density at radius 3 is 2.85 bits per heavy atom. The number of nitrogens with two attached hydrogens (primary N) is 1. The van der Waals surface area contributed by atoms with E-state index in [1.54, 1.807) is 6.07 Å². The average molecular weight is 575 g/mol. The molecular weight excluding hydrogens is 560 g/mol. The minimum Gasteiger partial charge on any atom is -0.674 e. The maximum atomic E-state index is 14.4. The van der Waals surface area contributed by atoms with Gasteiger partial charge < -0.3 is 26.3 Å². The summed E-state index contributed by atoms with van der Waals surface area (Å²) in [5.74, 6) is -0.684. The Hall–Kier alpha value is -1.77. The summed E-state index contributed by atoms with van der Waals surface area (Å²) in [5.41, 5.74) is 13.2. The Labute approximate surface area is 184 Å². The van der Waals surface area contributed by atoms with Gasteiger partial charge in [0.25, 0.3) is 0 Å². The van der Waals surface area contributed by atoms with Crippen LogP contribution in [0.15, 0.2) is 18.2 Å². The molecule has 3 rings (SSSR count). The van der Waals surface area contributed by atoms with Crippen LogP contribution in [0.3, 0.4) is 0 Å². The van der Waals surface area contributed by atoms with Crippen molar-refractivity contribution in [1.82, 2.24) is 15.0 Å². The van der Waals surface area contributed by atoms with Crippen LogP contribution >= 0.6 is 0 Å². The van der Waals surface area contributed by atoms with Gasteiger partial charge in [0.05, 0.1) is 25.0 Å². The quantitative estimate of drug-likeness (QED) is 0.550. The molecule has 1 aliphatic heterocycles. The van der Waals surface area contributed by atoms with E-state index in [1.165, 1.54) is 24.1 Å². The molecule has 10 nitrogen and oxygen atoms in total. The Morgan fingerprint density at radius 2 is 2.23 bits per heavy atom. The van der Waals surface area contributed by atoms with Crippen molar-refractivity contribution in [1.29, 1.82) is 0 Å². The standard InChI is InChI=1S/C14H15FN7O3.Ac/c1-24-13-20-11(17)19-12(21-13)18-10-3-2-7(4-9(10)15)22-6-8(5-16)25-14(22)23;/h2-4,8,16H,5-6H2,1H3,(H3,17,18,19,20,21);/q-1;/t8-;/m0./s1. The van der Waals surface area contributed by atoms with Gasteiger partial charge in [0.1, 0.15) is 11.9 Å². The van der Waals surface area contributed by atoms with Gasteiger partial charge >= 0.3 is 12.1 Å². The van der Waals surface area contributed by atoms with Crippen molar-refractivity contribution >= 4 is 29.4 Å². The molecule has 1 fully saturated rings. The molecule has 0 bridgehead atoms. The van der Waals surface area contributed by atoms with Crippen LogP contribution in [0.1, 0.15) is 0 Å². The van der Waals surface area contributed by atoms with Crippen LogP contribution in [-0.4, -0.2) is 47.3 Å². The molecule has 1 saturated heterocycles. The zero-order valence-corrected chi connectivity index (χ0v) is 18.5. The predicted molar refractivity (Wildman–Crippen MR) is 87.3 cm³/mol. The van der Waals surface area contributed by atoms with Crippen LogP contribution in [0.25, 0.3) is 5.73 Å². The third-order valence-corrected chi connectivity index (χ3v) is 3.43. The summed E-state index contributed by atoms with van der Waals surface area (Å²) in [6.07, 6.45) is -1.12. The van der Waals surface area contributed by atoms with Crippen LogP contribution in [-0.2, 0) is 4.74 Å². The molecule has 2 aromatic rings. The van der Waals surface area contributed by atoms with Gasteiger partial charge in [0.15, 0.2) is 0 Å². The first-order valence-corrected chi connectivity index (χ1v) is 7.25. The summed E-state index contributed by atoms with van der Waals surface area (Å²) in [5, 5.41) is 2.67. The smallest absolute Gasteiger partial charge is 0.414 e. The van der Waals surface area contributed by atoms with Crippen LogP contribution in [0.4, 0.5) is 32.5 Å². The number of nitrogens with zero attached hydrogens (tertiary/aromatic N) is 4. The summed E-state index contributed by atoms with van der Waals surface area (Å²) in [6, 6.07) is 4.14. The van der Waals surface area contributed by atoms with Gasteiger partial charge in [-0.1, -0.05) is 0 Å². The number of nitrogens with one attached hydrogen (secondary N) is 2. The molecule has 2 heterocycles. The molecule has 1 atom stereocenters. The SMILES string of the molecule is COc1nc(N)nc(Nc2ccc(N3C[C@H](C[NH-])OC3=O)cc2F)n1.[Ac]. The molecule has 0 spiro atoms. The van der Waals surface area contributed by atoms with Gasteiger partial charge in [-0.15, -0.1) is 6.54 Å². The fourth-order valence-electron chi connectivity index (χ4n) is 2.25. The van der Waals surface area contributed by atoms with Crippen molar-refractivity contribution in [3.63, 3.8) is 0 Å². The third-order valence-electron chi connectivity index (χ3n) is 3.43.